The molecule has 1 aromatic rings. The maximum atomic E-state index is 11.0. The number of benzene rings is 1. The molecular weight excluding hydrogens is 277 g/mol. The van der Waals surface area contributed by atoms with Gasteiger partial charge in [-0.1, -0.05) is 11.6 Å². The van der Waals surface area contributed by atoms with Gasteiger partial charge in [0.15, 0.2) is 0 Å². The highest BCUT2D eigenvalue weighted by Crippen LogP contribution is 2.31. The van der Waals surface area contributed by atoms with Crippen LogP contribution in [0.15, 0.2) is 18.2 Å². The molecule has 1 fully saturated rings. The molecule has 0 spiro atoms. The van der Waals surface area contributed by atoms with Gasteiger partial charge in [-0.25, -0.2) is 0 Å². The zero-order valence-electron chi connectivity index (χ0n) is 9.90. The van der Waals surface area contributed by atoms with Crippen molar-refractivity contribution in [2.45, 2.75) is 13.0 Å². The van der Waals surface area contributed by atoms with Crippen LogP contribution in [0.1, 0.15) is 6.92 Å². The molecule has 7 heteroatoms. The fraction of sp³-hybridized carbons (Fsp3) is 0.455. The number of nitro groups is 1. The van der Waals surface area contributed by atoms with Gasteiger partial charge in [0.05, 0.1) is 4.92 Å². The molecule has 0 amide bonds. The monoisotopic (exact) mass is 290 g/mol. The Hall–Kier alpha value is -1.04. The predicted octanol–water partition coefficient (Wildman–Crippen LogP) is -0.950. The molecule has 1 heterocycles. The SMILES string of the molecule is CC1CN(c2ccc(Cl)cc2[N+](=O)[O-])CCN1.[Cl-]. The zero-order chi connectivity index (χ0) is 12.4. The summed E-state index contributed by atoms with van der Waals surface area (Å²) in [4.78, 5) is 12.6. The molecule has 1 unspecified atom stereocenters. The summed E-state index contributed by atoms with van der Waals surface area (Å²) in [6, 6.07) is 5.15. The summed E-state index contributed by atoms with van der Waals surface area (Å²) in [6.45, 7) is 4.43. The molecule has 0 aromatic heterocycles. The van der Waals surface area contributed by atoms with Gasteiger partial charge in [-0.05, 0) is 19.1 Å². The molecule has 1 N–H and O–H groups in total. The Morgan fingerprint density at radius 2 is 2.28 bits per heavy atom. The molecule has 1 atom stereocenters. The van der Waals surface area contributed by atoms with Gasteiger partial charge in [-0.15, -0.1) is 0 Å². The normalized spacial score (nSPS) is 19.2. The lowest BCUT2D eigenvalue weighted by molar-refractivity contribution is -0.384. The second-order valence-corrected chi connectivity index (χ2v) is 4.63. The molecule has 2 rings (SSSR count). The van der Waals surface area contributed by atoms with E-state index < -0.39 is 0 Å². The van der Waals surface area contributed by atoms with Crippen molar-refractivity contribution < 1.29 is 17.3 Å². The van der Waals surface area contributed by atoms with Crippen molar-refractivity contribution in [2.75, 3.05) is 24.5 Å². The quantitative estimate of drug-likeness (QED) is 0.564. The van der Waals surface area contributed by atoms with E-state index in [0.717, 1.165) is 19.6 Å². The smallest absolute Gasteiger partial charge is 0.294 e. The zero-order valence-corrected chi connectivity index (χ0v) is 11.4. The van der Waals surface area contributed by atoms with E-state index in [-0.39, 0.29) is 23.0 Å². The van der Waals surface area contributed by atoms with Gasteiger partial charge in [0, 0.05) is 36.8 Å². The van der Waals surface area contributed by atoms with Gasteiger partial charge >= 0.3 is 0 Å². The van der Waals surface area contributed by atoms with Crippen molar-refractivity contribution in [3.05, 3.63) is 33.3 Å². The van der Waals surface area contributed by atoms with Crippen LogP contribution in [0.3, 0.4) is 0 Å². The Bertz CT molecular complexity index is 442. The lowest BCUT2D eigenvalue weighted by Gasteiger charge is -2.33. The number of piperazine rings is 1. The van der Waals surface area contributed by atoms with E-state index >= 15 is 0 Å². The molecule has 0 radical (unpaired) electrons. The molecule has 1 aromatic carbocycles. The summed E-state index contributed by atoms with van der Waals surface area (Å²) in [5.74, 6) is 0. The molecule has 0 saturated carbocycles. The first-order chi connectivity index (χ1) is 8.08. The van der Waals surface area contributed by atoms with Crippen molar-refractivity contribution >= 4 is 23.0 Å². The van der Waals surface area contributed by atoms with E-state index in [1.54, 1.807) is 12.1 Å². The van der Waals surface area contributed by atoms with Gasteiger partial charge in [0.25, 0.3) is 5.69 Å². The highest BCUT2D eigenvalue weighted by atomic mass is 35.5. The van der Waals surface area contributed by atoms with Crippen LogP contribution in [0, 0.1) is 10.1 Å². The maximum absolute atomic E-state index is 11.0. The van der Waals surface area contributed by atoms with Crippen molar-refractivity contribution in [2.24, 2.45) is 0 Å². The van der Waals surface area contributed by atoms with Crippen LogP contribution in [0.4, 0.5) is 11.4 Å². The van der Waals surface area contributed by atoms with Crippen LogP contribution < -0.4 is 22.6 Å². The molecule has 100 valence electrons. The lowest BCUT2D eigenvalue weighted by atomic mass is 10.2. The summed E-state index contributed by atoms with van der Waals surface area (Å²) in [7, 11) is 0. The summed E-state index contributed by atoms with van der Waals surface area (Å²) in [5.41, 5.74) is 0.722. The van der Waals surface area contributed by atoms with Gasteiger partial charge in [-0.3, -0.25) is 10.1 Å². The van der Waals surface area contributed by atoms with Gasteiger partial charge in [0.2, 0.25) is 0 Å². The molecule has 0 aliphatic carbocycles. The minimum absolute atomic E-state index is 0. The van der Waals surface area contributed by atoms with Crippen LogP contribution >= 0.6 is 11.6 Å². The Morgan fingerprint density at radius 1 is 1.56 bits per heavy atom. The summed E-state index contributed by atoms with van der Waals surface area (Å²) in [5, 5.41) is 14.7. The third-order valence-corrected chi connectivity index (χ3v) is 3.08. The van der Waals surface area contributed by atoms with E-state index in [9.17, 15) is 10.1 Å². The standard InChI is InChI=1S/C11H14ClN3O2.ClH/c1-8-7-14(5-4-13-8)10-3-2-9(12)6-11(10)15(16)17;/h2-3,6,8,13H,4-5,7H2,1H3;1H/p-1. The van der Waals surface area contributed by atoms with Crippen LogP contribution in [0.25, 0.3) is 0 Å². The fourth-order valence-corrected chi connectivity index (χ4v) is 2.23. The number of hydrogen-bond donors (Lipinski definition) is 1. The average Bonchev–Trinajstić information content (AvgIpc) is 2.28. The molecule has 0 bridgehead atoms. The van der Waals surface area contributed by atoms with Gasteiger partial charge in [0.1, 0.15) is 5.69 Å². The van der Waals surface area contributed by atoms with E-state index in [1.807, 2.05) is 4.90 Å². The Morgan fingerprint density at radius 3 is 2.89 bits per heavy atom. The first kappa shape index (κ1) is 15.0. The first-order valence-electron chi connectivity index (χ1n) is 5.50. The molecular formula is C11H14Cl2N3O2-. The van der Waals surface area contributed by atoms with Crippen molar-refractivity contribution in [1.82, 2.24) is 5.32 Å². The third-order valence-electron chi connectivity index (χ3n) is 2.84. The van der Waals surface area contributed by atoms with Crippen molar-refractivity contribution in [3.8, 4) is 0 Å². The van der Waals surface area contributed by atoms with E-state index in [1.165, 1.54) is 6.07 Å². The molecule has 1 aliphatic rings. The minimum Gasteiger partial charge on any atom is -1.00 e. The number of nitro benzene ring substituents is 1. The van der Waals surface area contributed by atoms with Crippen LogP contribution in [-0.2, 0) is 0 Å². The molecule has 1 aliphatic heterocycles. The second-order valence-electron chi connectivity index (χ2n) is 4.19. The Balaban J connectivity index is 0.00000162. The highest BCUT2D eigenvalue weighted by Gasteiger charge is 2.23. The third kappa shape index (κ3) is 3.25. The second kappa shape index (κ2) is 6.22. The summed E-state index contributed by atoms with van der Waals surface area (Å²) in [6.07, 6.45) is 0. The number of rotatable bonds is 2. The maximum Gasteiger partial charge on any atom is 0.294 e. The Kier molecular flexibility index (Phi) is 5.19. The number of hydrogen-bond acceptors (Lipinski definition) is 4. The van der Waals surface area contributed by atoms with Gasteiger partial charge < -0.3 is 22.6 Å². The van der Waals surface area contributed by atoms with Crippen molar-refractivity contribution in [1.29, 1.82) is 0 Å². The number of nitrogens with one attached hydrogen (secondary N) is 1. The predicted molar refractivity (Wildman–Crippen MR) is 67.8 cm³/mol. The average molecular weight is 291 g/mol. The summed E-state index contributed by atoms with van der Waals surface area (Å²) >= 11 is 5.79. The van der Waals surface area contributed by atoms with E-state index in [4.69, 9.17) is 11.6 Å². The van der Waals surface area contributed by atoms with Crippen LogP contribution in [0.5, 0.6) is 0 Å². The molecule has 1 saturated heterocycles. The topological polar surface area (TPSA) is 58.4 Å². The Labute approximate surface area is 117 Å². The fourth-order valence-electron chi connectivity index (χ4n) is 2.06. The number of nitrogens with zero attached hydrogens (tertiary/aromatic N) is 2. The largest absolute Gasteiger partial charge is 1.00 e. The van der Waals surface area contributed by atoms with Gasteiger partial charge in [-0.2, -0.15) is 0 Å². The van der Waals surface area contributed by atoms with Crippen LogP contribution in [-0.4, -0.2) is 30.6 Å². The van der Waals surface area contributed by atoms with E-state index in [2.05, 4.69) is 12.2 Å². The first-order valence-corrected chi connectivity index (χ1v) is 5.88. The molecule has 5 nitrogen and oxygen atoms in total. The number of halogens is 2. The van der Waals surface area contributed by atoms with Crippen LogP contribution in [0.2, 0.25) is 5.02 Å². The lowest BCUT2D eigenvalue weighted by Crippen LogP contribution is -3.00. The highest BCUT2D eigenvalue weighted by molar-refractivity contribution is 6.30. The molecule has 18 heavy (non-hydrogen) atoms. The van der Waals surface area contributed by atoms with Crippen molar-refractivity contribution in [3.63, 3.8) is 0 Å². The number of anilines is 1. The minimum atomic E-state index is -0.381. The summed E-state index contributed by atoms with van der Waals surface area (Å²) < 4.78 is 0. The van der Waals surface area contributed by atoms with E-state index in [0.29, 0.717) is 16.8 Å².